The molecule has 8 heteroatoms. The van der Waals surface area contributed by atoms with Crippen molar-refractivity contribution in [3.63, 3.8) is 0 Å². The number of nitrogens with one attached hydrogen (secondary N) is 2. The van der Waals surface area contributed by atoms with E-state index >= 15 is 0 Å². The third-order valence-electron chi connectivity index (χ3n) is 6.81. The number of aryl methyl sites for hydroxylation is 1. The summed E-state index contributed by atoms with van der Waals surface area (Å²) in [4.78, 5) is 26.3. The van der Waals surface area contributed by atoms with Gasteiger partial charge in [-0.05, 0) is 62.5 Å². The molecule has 0 bridgehead atoms. The maximum atomic E-state index is 14.1. The monoisotopic (exact) mass is 507 g/mol. The molecule has 7 nitrogen and oxygen atoms in total. The average molecular weight is 508 g/mol. The van der Waals surface area contributed by atoms with Crippen molar-refractivity contribution in [3.8, 4) is 0 Å². The molecule has 4 rings (SSSR count). The first-order valence-corrected chi connectivity index (χ1v) is 13.9. The first-order chi connectivity index (χ1) is 17.3. The average Bonchev–Trinajstić information content (AvgIpc) is 2.85. The molecule has 2 amide bonds. The van der Waals surface area contributed by atoms with Crippen LogP contribution in [-0.4, -0.2) is 43.7 Å². The van der Waals surface area contributed by atoms with Gasteiger partial charge < -0.3 is 10.6 Å². The Morgan fingerprint density at radius 2 is 1.72 bits per heavy atom. The van der Waals surface area contributed by atoms with E-state index in [1.54, 1.807) is 42.5 Å². The van der Waals surface area contributed by atoms with Crippen LogP contribution in [0.1, 0.15) is 49.0 Å². The summed E-state index contributed by atoms with van der Waals surface area (Å²) in [5.41, 5.74) is 1.91. The smallest absolute Gasteiger partial charge is 0.267 e. The summed E-state index contributed by atoms with van der Waals surface area (Å²) in [6.45, 7) is 7.02. The van der Waals surface area contributed by atoms with Crippen molar-refractivity contribution in [2.45, 2.75) is 51.0 Å². The zero-order valence-corrected chi connectivity index (χ0v) is 21.8. The van der Waals surface area contributed by atoms with Crippen molar-refractivity contribution < 1.29 is 18.0 Å². The number of fused-ring (bicyclic) bond motifs is 1. The summed E-state index contributed by atoms with van der Waals surface area (Å²) < 4.78 is 29.3. The highest BCUT2D eigenvalue weighted by Gasteiger charge is 2.39. The molecule has 0 radical (unpaired) electrons. The van der Waals surface area contributed by atoms with Crippen molar-refractivity contribution in [3.05, 3.63) is 71.8 Å². The van der Waals surface area contributed by atoms with Crippen molar-refractivity contribution in [1.29, 1.82) is 0 Å². The number of anilines is 1. The van der Waals surface area contributed by atoms with Gasteiger partial charge in [0.25, 0.3) is 15.9 Å². The Hall–Kier alpha value is -3.23. The molecule has 2 unspecified atom stereocenters. The molecule has 3 aromatic rings. The minimum absolute atomic E-state index is 0.00623. The third-order valence-corrected chi connectivity index (χ3v) is 8.71. The lowest BCUT2D eigenvalue weighted by Crippen LogP contribution is -2.53. The number of hydrogen-bond acceptors (Lipinski definition) is 5. The fourth-order valence-corrected chi connectivity index (χ4v) is 6.84. The minimum Gasteiger partial charge on any atom is -0.321 e. The van der Waals surface area contributed by atoms with Crippen molar-refractivity contribution in [1.82, 2.24) is 9.62 Å². The topological polar surface area (TPSA) is 95.6 Å². The predicted molar refractivity (Wildman–Crippen MR) is 142 cm³/mol. The Kier molecular flexibility index (Phi) is 7.76. The number of amides is 2. The molecule has 0 aromatic heterocycles. The highest BCUT2D eigenvalue weighted by atomic mass is 32.2. The lowest BCUT2D eigenvalue weighted by molar-refractivity contribution is -0.129. The van der Waals surface area contributed by atoms with Crippen LogP contribution in [0.2, 0.25) is 0 Å². The number of carbonyl (C=O) groups excluding carboxylic acids is 2. The first kappa shape index (κ1) is 25.9. The normalized spacial score (nSPS) is 18.1. The van der Waals surface area contributed by atoms with Gasteiger partial charge >= 0.3 is 0 Å². The van der Waals surface area contributed by atoms with Gasteiger partial charge in [0.1, 0.15) is 0 Å². The maximum absolute atomic E-state index is 14.1. The molecule has 1 aliphatic heterocycles. The maximum Gasteiger partial charge on any atom is 0.267 e. The van der Waals surface area contributed by atoms with E-state index in [9.17, 15) is 18.0 Å². The van der Waals surface area contributed by atoms with Crippen LogP contribution in [0.3, 0.4) is 0 Å². The molecule has 2 N–H and O–H groups in total. The van der Waals surface area contributed by atoms with Gasteiger partial charge in [0.2, 0.25) is 5.91 Å². The van der Waals surface area contributed by atoms with Gasteiger partial charge in [0.15, 0.2) is 0 Å². The van der Waals surface area contributed by atoms with Crippen LogP contribution in [0, 0.1) is 12.8 Å². The standard InChI is InChI=1S/C28H33N3O4S/c1-4-9-27(32)31(25-16-17-29-18-20(25)3)36(34,35)26-15-14-24(22-12-7-8-13-23(22)26)30-28(33)21-11-6-5-10-19(21)2/h5-8,10-15,20,25,29H,4,9,16-18H2,1-3H3,(H,30,33). The van der Waals surface area contributed by atoms with Crippen LogP contribution in [0.5, 0.6) is 0 Å². The second kappa shape index (κ2) is 10.8. The van der Waals surface area contributed by atoms with E-state index in [4.69, 9.17) is 0 Å². The van der Waals surface area contributed by atoms with E-state index in [1.807, 2.05) is 32.9 Å². The van der Waals surface area contributed by atoms with Gasteiger partial charge in [-0.25, -0.2) is 12.7 Å². The predicted octanol–water partition coefficient (Wildman–Crippen LogP) is 4.72. The van der Waals surface area contributed by atoms with Gasteiger partial charge in [-0.1, -0.05) is 56.3 Å². The molecule has 2 atom stereocenters. The lowest BCUT2D eigenvalue weighted by Gasteiger charge is -2.38. The quantitative estimate of drug-likeness (QED) is 0.483. The van der Waals surface area contributed by atoms with Crippen LogP contribution < -0.4 is 10.6 Å². The van der Waals surface area contributed by atoms with Crippen LogP contribution >= 0.6 is 0 Å². The Bertz CT molecular complexity index is 1390. The molecular weight excluding hydrogens is 474 g/mol. The summed E-state index contributed by atoms with van der Waals surface area (Å²) in [5, 5.41) is 7.29. The molecule has 36 heavy (non-hydrogen) atoms. The number of benzene rings is 3. The number of piperidine rings is 1. The second-order valence-electron chi connectivity index (χ2n) is 9.41. The van der Waals surface area contributed by atoms with E-state index in [0.29, 0.717) is 48.0 Å². The van der Waals surface area contributed by atoms with Gasteiger partial charge in [-0.2, -0.15) is 0 Å². The van der Waals surface area contributed by atoms with Crippen molar-refractivity contribution >= 4 is 38.3 Å². The summed E-state index contributed by atoms with van der Waals surface area (Å²) >= 11 is 0. The van der Waals surface area contributed by atoms with Crippen LogP contribution in [-0.2, 0) is 14.8 Å². The van der Waals surface area contributed by atoms with E-state index in [2.05, 4.69) is 10.6 Å². The SMILES string of the molecule is CCCC(=O)N(C1CCNCC1C)S(=O)(=O)c1ccc(NC(=O)c2ccccc2C)c2ccccc12. The fraction of sp³-hybridized carbons (Fsp3) is 0.357. The zero-order valence-electron chi connectivity index (χ0n) is 21.0. The summed E-state index contributed by atoms with van der Waals surface area (Å²) in [6, 6.07) is 17.1. The molecule has 1 heterocycles. The third kappa shape index (κ3) is 5.01. The van der Waals surface area contributed by atoms with Gasteiger partial charge in [-0.15, -0.1) is 0 Å². The van der Waals surface area contributed by atoms with Crippen LogP contribution in [0.15, 0.2) is 65.6 Å². The van der Waals surface area contributed by atoms with E-state index in [-0.39, 0.29) is 29.0 Å². The molecule has 1 saturated heterocycles. The molecule has 190 valence electrons. The second-order valence-corrected chi connectivity index (χ2v) is 11.2. The Labute approximate surface area is 212 Å². The summed E-state index contributed by atoms with van der Waals surface area (Å²) in [5.74, 6) is -0.650. The van der Waals surface area contributed by atoms with Gasteiger partial charge in [0, 0.05) is 28.4 Å². The molecule has 1 fully saturated rings. The van der Waals surface area contributed by atoms with Crippen LogP contribution in [0.25, 0.3) is 10.8 Å². The largest absolute Gasteiger partial charge is 0.321 e. The van der Waals surface area contributed by atoms with Crippen LogP contribution in [0.4, 0.5) is 5.69 Å². The minimum atomic E-state index is -4.14. The lowest BCUT2D eigenvalue weighted by atomic mass is 9.95. The first-order valence-electron chi connectivity index (χ1n) is 12.4. The van der Waals surface area contributed by atoms with Crippen molar-refractivity contribution in [2.24, 2.45) is 5.92 Å². The molecule has 1 aliphatic rings. The fourth-order valence-electron chi connectivity index (χ4n) is 4.90. The molecule has 0 aliphatic carbocycles. The van der Waals surface area contributed by atoms with Gasteiger partial charge in [-0.3, -0.25) is 9.59 Å². The molecule has 0 saturated carbocycles. The number of carbonyl (C=O) groups is 2. The number of hydrogen-bond donors (Lipinski definition) is 2. The summed E-state index contributed by atoms with van der Waals surface area (Å²) in [7, 11) is -4.14. The highest BCUT2D eigenvalue weighted by molar-refractivity contribution is 7.90. The summed E-state index contributed by atoms with van der Waals surface area (Å²) in [6.07, 6.45) is 1.30. The van der Waals surface area contributed by atoms with Gasteiger partial charge in [0.05, 0.1) is 10.9 Å². The Balaban J connectivity index is 1.79. The van der Waals surface area contributed by atoms with E-state index < -0.39 is 16.1 Å². The molecule has 3 aromatic carbocycles. The molecular formula is C28H33N3O4S. The Morgan fingerprint density at radius 1 is 1.03 bits per heavy atom. The van der Waals surface area contributed by atoms with Crippen molar-refractivity contribution in [2.75, 3.05) is 18.4 Å². The Morgan fingerprint density at radius 3 is 2.42 bits per heavy atom. The number of nitrogens with zero attached hydrogens (tertiary/aromatic N) is 1. The highest BCUT2D eigenvalue weighted by Crippen LogP contribution is 2.34. The number of rotatable bonds is 7. The zero-order chi connectivity index (χ0) is 25.9. The number of sulfonamides is 1. The van der Waals surface area contributed by atoms with E-state index in [0.717, 1.165) is 9.87 Å². The molecule has 0 spiro atoms. The van der Waals surface area contributed by atoms with E-state index in [1.165, 1.54) is 6.07 Å².